The zero-order valence-electron chi connectivity index (χ0n) is 19.3. The second-order valence-corrected chi connectivity index (χ2v) is 8.10. The minimum absolute atomic E-state index is 0.0153. The van der Waals surface area contributed by atoms with E-state index < -0.39 is 11.6 Å². The monoisotopic (exact) mass is 460 g/mol. The van der Waals surface area contributed by atoms with Crippen molar-refractivity contribution in [3.63, 3.8) is 0 Å². The summed E-state index contributed by atoms with van der Waals surface area (Å²) in [5.74, 6) is -2.27. The van der Waals surface area contributed by atoms with Crippen LogP contribution in [0.1, 0.15) is 42.2 Å². The van der Waals surface area contributed by atoms with Crippen LogP contribution in [0.25, 0.3) is 0 Å². The molecule has 1 aliphatic heterocycles. The molecule has 3 rings (SSSR count). The Morgan fingerprint density at radius 1 is 1.06 bits per heavy atom. The Labute approximate surface area is 192 Å². The van der Waals surface area contributed by atoms with Crippen LogP contribution in [0.5, 0.6) is 5.88 Å². The molecule has 0 aliphatic carbocycles. The molecule has 0 spiro atoms. The van der Waals surface area contributed by atoms with Crippen LogP contribution in [0.2, 0.25) is 0 Å². The molecule has 0 saturated carbocycles. The Morgan fingerprint density at radius 2 is 1.76 bits per heavy atom. The third kappa shape index (κ3) is 6.04. The number of aromatic nitrogens is 1. The van der Waals surface area contributed by atoms with Gasteiger partial charge in [0.1, 0.15) is 5.69 Å². The number of nitrogens with zero attached hydrogens (tertiary/aromatic N) is 4. The first kappa shape index (κ1) is 24.6. The standard InChI is InChI=1S/C24H30F2N4O3/c1-4-23(31)30-13-7-11-28(2)10-6-12-29(16-17-14-18(25)19(26)15-21(17)30)24(32)20-8-5-9-22(27-20)33-3/h5,8-9,14-15H,4,6-7,10-13,16H2,1-3H3. The number of ether oxygens (including phenoxy) is 1. The van der Waals surface area contributed by atoms with Crippen molar-refractivity contribution in [3.05, 3.63) is 53.2 Å². The molecule has 0 saturated heterocycles. The second kappa shape index (κ2) is 11.2. The van der Waals surface area contributed by atoms with Gasteiger partial charge < -0.3 is 19.4 Å². The maximum atomic E-state index is 14.3. The molecule has 33 heavy (non-hydrogen) atoms. The van der Waals surface area contributed by atoms with Crippen molar-refractivity contribution >= 4 is 17.5 Å². The smallest absolute Gasteiger partial charge is 0.272 e. The number of anilines is 1. The highest BCUT2D eigenvalue weighted by atomic mass is 19.2. The Hall–Kier alpha value is -3.07. The van der Waals surface area contributed by atoms with Crippen molar-refractivity contribution in [2.24, 2.45) is 0 Å². The minimum atomic E-state index is -1.03. The molecule has 1 aromatic heterocycles. The lowest BCUT2D eigenvalue weighted by molar-refractivity contribution is -0.118. The summed E-state index contributed by atoms with van der Waals surface area (Å²) in [6.07, 6.45) is 1.62. The zero-order valence-corrected chi connectivity index (χ0v) is 19.3. The SMILES string of the molecule is CCC(=O)N1CCCN(C)CCCN(C(=O)c2cccc(OC)n2)Cc2cc(F)c(F)cc21. The summed E-state index contributed by atoms with van der Waals surface area (Å²) in [5, 5.41) is 0. The number of pyridine rings is 1. The lowest BCUT2D eigenvalue weighted by Gasteiger charge is -2.30. The maximum Gasteiger partial charge on any atom is 0.272 e. The van der Waals surface area contributed by atoms with Gasteiger partial charge >= 0.3 is 0 Å². The summed E-state index contributed by atoms with van der Waals surface area (Å²) in [6.45, 7) is 4.00. The molecule has 0 radical (unpaired) electrons. The third-order valence-electron chi connectivity index (χ3n) is 5.71. The molecule has 0 fully saturated rings. The first-order valence-corrected chi connectivity index (χ1v) is 11.1. The minimum Gasteiger partial charge on any atom is -0.481 e. The van der Waals surface area contributed by atoms with Crippen molar-refractivity contribution in [1.29, 1.82) is 0 Å². The summed E-state index contributed by atoms with van der Waals surface area (Å²) >= 11 is 0. The highest BCUT2D eigenvalue weighted by Gasteiger charge is 2.25. The average molecular weight is 461 g/mol. The molecule has 2 aromatic rings. The fourth-order valence-corrected chi connectivity index (χ4v) is 3.94. The number of amides is 2. The first-order valence-electron chi connectivity index (χ1n) is 11.1. The molecule has 1 aliphatic rings. The summed E-state index contributed by atoms with van der Waals surface area (Å²) in [7, 11) is 3.45. The van der Waals surface area contributed by atoms with E-state index >= 15 is 0 Å². The van der Waals surface area contributed by atoms with E-state index in [1.807, 2.05) is 7.05 Å². The molecule has 0 N–H and O–H groups in total. The van der Waals surface area contributed by atoms with E-state index in [4.69, 9.17) is 4.74 Å². The lowest BCUT2D eigenvalue weighted by atomic mass is 10.1. The van der Waals surface area contributed by atoms with E-state index in [1.54, 1.807) is 30.0 Å². The van der Waals surface area contributed by atoms with Gasteiger partial charge in [0.2, 0.25) is 11.8 Å². The van der Waals surface area contributed by atoms with Crippen LogP contribution in [0.4, 0.5) is 14.5 Å². The van der Waals surface area contributed by atoms with Crippen molar-refractivity contribution in [1.82, 2.24) is 14.8 Å². The molecule has 7 nitrogen and oxygen atoms in total. The van der Waals surface area contributed by atoms with E-state index in [-0.39, 0.29) is 30.5 Å². The number of benzene rings is 1. The number of halogens is 2. The molecule has 178 valence electrons. The van der Waals surface area contributed by atoms with Gasteiger partial charge in [-0.3, -0.25) is 9.59 Å². The summed E-state index contributed by atoms with van der Waals surface area (Å²) in [4.78, 5) is 35.5. The highest BCUT2D eigenvalue weighted by molar-refractivity contribution is 5.95. The summed E-state index contributed by atoms with van der Waals surface area (Å²) in [6, 6.07) is 7.04. The summed E-state index contributed by atoms with van der Waals surface area (Å²) in [5.41, 5.74) is 0.863. The van der Waals surface area contributed by atoms with Crippen LogP contribution in [0.15, 0.2) is 30.3 Å². The second-order valence-electron chi connectivity index (χ2n) is 8.10. The van der Waals surface area contributed by atoms with Crippen molar-refractivity contribution in [2.45, 2.75) is 32.7 Å². The molecule has 2 amide bonds. The van der Waals surface area contributed by atoms with Gasteiger partial charge in [0, 0.05) is 38.2 Å². The Kier molecular flexibility index (Phi) is 8.32. The van der Waals surface area contributed by atoms with Crippen LogP contribution < -0.4 is 9.64 Å². The summed E-state index contributed by atoms with van der Waals surface area (Å²) < 4.78 is 33.6. The van der Waals surface area contributed by atoms with Crippen LogP contribution >= 0.6 is 0 Å². The molecule has 1 aromatic carbocycles. The number of carbonyl (C=O) groups excluding carboxylic acids is 2. The van der Waals surface area contributed by atoms with Crippen LogP contribution in [-0.4, -0.2) is 66.9 Å². The topological polar surface area (TPSA) is 66.0 Å². The van der Waals surface area contributed by atoms with E-state index in [9.17, 15) is 18.4 Å². The van der Waals surface area contributed by atoms with Crippen molar-refractivity contribution in [3.8, 4) is 5.88 Å². The normalized spacial score (nSPS) is 15.9. The van der Waals surface area contributed by atoms with Gasteiger partial charge in [0.15, 0.2) is 11.6 Å². The molecule has 0 bridgehead atoms. The quantitative estimate of drug-likeness (QED) is 0.702. The van der Waals surface area contributed by atoms with E-state index in [0.717, 1.165) is 25.2 Å². The third-order valence-corrected chi connectivity index (χ3v) is 5.71. The number of hydrogen-bond donors (Lipinski definition) is 0. The number of methoxy groups -OCH3 is 1. The predicted octanol–water partition coefficient (Wildman–Crippen LogP) is 3.48. The maximum absolute atomic E-state index is 14.3. The molecule has 2 heterocycles. The first-order chi connectivity index (χ1) is 15.8. The number of rotatable bonds is 3. The number of carbonyl (C=O) groups is 2. The van der Waals surface area contributed by atoms with Crippen molar-refractivity contribution in [2.75, 3.05) is 45.2 Å². The van der Waals surface area contributed by atoms with E-state index in [1.165, 1.54) is 12.0 Å². The van der Waals surface area contributed by atoms with Gasteiger partial charge in [0.25, 0.3) is 5.91 Å². The van der Waals surface area contributed by atoms with E-state index in [2.05, 4.69) is 9.88 Å². The molecular formula is C24H30F2N4O3. The van der Waals surface area contributed by atoms with E-state index in [0.29, 0.717) is 43.1 Å². The van der Waals surface area contributed by atoms with Crippen LogP contribution in [-0.2, 0) is 11.3 Å². The Balaban J connectivity index is 2.05. The van der Waals surface area contributed by atoms with Gasteiger partial charge in [-0.25, -0.2) is 13.8 Å². The van der Waals surface area contributed by atoms with Crippen LogP contribution in [0.3, 0.4) is 0 Å². The average Bonchev–Trinajstić information content (AvgIpc) is 2.81. The lowest BCUT2D eigenvalue weighted by Crippen LogP contribution is -2.38. The molecule has 0 unspecified atom stereocenters. The Morgan fingerprint density at radius 3 is 2.45 bits per heavy atom. The van der Waals surface area contributed by atoms with Gasteiger partial charge in [-0.1, -0.05) is 13.0 Å². The molecule has 0 atom stereocenters. The highest BCUT2D eigenvalue weighted by Crippen LogP contribution is 2.28. The van der Waals surface area contributed by atoms with Crippen LogP contribution in [0, 0.1) is 11.6 Å². The number of hydrogen-bond acceptors (Lipinski definition) is 5. The van der Waals surface area contributed by atoms with Gasteiger partial charge in [0.05, 0.1) is 12.8 Å². The number of fused-ring (bicyclic) bond motifs is 1. The molecular weight excluding hydrogens is 430 g/mol. The molecule has 9 heteroatoms. The fraction of sp³-hybridized carbons (Fsp3) is 0.458. The van der Waals surface area contributed by atoms with Gasteiger partial charge in [-0.2, -0.15) is 0 Å². The predicted molar refractivity (Wildman–Crippen MR) is 121 cm³/mol. The largest absolute Gasteiger partial charge is 0.481 e. The fourth-order valence-electron chi connectivity index (χ4n) is 3.94. The zero-order chi connectivity index (χ0) is 24.0. The Bertz CT molecular complexity index is 1000. The van der Waals surface area contributed by atoms with Crippen molar-refractivity contribution < 1.29 is 23.1 Å². The van der Waals surface area contributed by atoms with Gasteiger partial charge in [-0.15, -0.1) is 0 Å². The van der Waals surface area contributed by atoms with Gasteiger partial charge in [-0.05, 0) is 50.7 Å².